The average molecular weight is 541 g/mol. The summed E-state index contributed by atoms with van der Waals surface area (Å²) in [5, 5.41) is 5.95. The molecule has 8 heteroatoms. The molecule has 3 aliphatic rings. The zero-order chi connectivity index (χ0) is 27.4. The summed E-state index contributed by atoms with van der Waals surface area (Å²) < 4.78 is 0. The molecule has 6 rings (SSSR count). The molecule has 200 valence electrons. The van der Waals surface area contributed by atoms with Crippen LogP contribution < -0.4 is 10.6 Å². The van der Waals surface area contributed by atoms with E-state index in [-0.39, 0.29) is 30.3 Å². The number of hydrogen-bond acceptors (Lipinski definition) is 5. The molecule has 0 radical (unpaired) electrons. The highest BCUT2D eigenvalue weighted by molar-refractivity contribution is 7.98. The van der Waals surface area contributed by atoms with Gasteiger partial charge in [-0.15, -0.1) is 11.8 Å². The molecule has 2 aliphatic heterocycles. The molecule has 1 aromatic heterocycles. The maximum Gasteiger partial charge on any atom is 0.244 e. The molecular weight excluding hydrogens is 508 g/mol. The van der Waals surface area contributed by atoms with Gasteiger partial charge in [0.25, 0.3) is 0 Å². The Hall–Kier alpha value is -3.65. The van der Waals surface area contributed by atoms with Crippen molar-refractivity contribution in [3.63, 3.8) is 0 Å². The second kappa shape index (κ2) is 9.52. The number of carbonyl (C=O) groups excluding carboxylic acids is 3. The molecular formula is C31H32N4O3S. The van der Waals surface area contributed by atoms with E-state index in [2.05, 4.69) is 39.9 Å². The zero-order valence-corrected chi connectivity index (χ0v) is 23.2. The molecule has 7 nitrogen and oxygen atoms in total. The number of benzene rings is 2. The van der Waals surface area contributed by atoms with Crippen molar-refractivity contribution < 1.29 is 14.4 Å². The van der Waals surface area contributed by atoms with Crippen molar-refractivity contribution in [2.75, 3.05) is 23.4 Å². The summed E-state index contributed by atoms with van der Waals surface area (Å²) in [4.78, 5) is 47.0. The van der Waals surface area contributed by atoms with Crippen LogP contribution in [0.4, 0.5) is 11.5 Å². The third kappa shape index (κ3) is 4.40. The summed E-state index contributed by atoms with van der Waals surface area (Å²) in [6.07, 6.45) is 6.47. The van der Waals surface area contributed by atoms with E-state index < -0.39 is 10.8 Å². The molecule has 2 aromatic carbocycles. The molecule has 1 aliphatic carbocycles. The Bertz CT molecular complexity index is 1490. The molecule has 1 unspecified atom stereocenters. The molecule has 1 spiro atoms. The van der Waals surface area contributed by atoms with Crippen molar-refractivity contribution in [1.82, 2.24) is 9.88 Å². The van der Waals surface area contributed by atoms with Crippen LogP contribution in [0.1, 0.15) is 55.0 Å². The second-order valence-electron chi connectivity index (χ2n) is 11.5. The van der Waals surface area contributed by atoms with Gasteiger partial charge in [-0.05, 0) is 79.0 Å². The maximum absolute atomic E-state index is 13.5. The SMILES string of the molecule is CSc1ccc([C@@H]2CCC(C)(C)C(=O)N2CC(=O)Nc2ccc3c(c2)CC2(C3)C(=O)Nc3ncccc32)cc1. The molecule has 3 amide bonds. The first-order valence-corrected chi connectivity index (χ1v) is 14.6. The number of anilines is 2. The second-order valence-corrected chi connectivity index (χ2v) is 12.3. The smallest absolute Gasteiger partial charge is 0.244 e. The molecule has 2 atom stereocenters. The van der Waals surface area contributed by atoms with E-state index in [1.54, 1.807) is 22.9 Å². The molecule has 3 aromatic rings. The molecule has 0 saturated carbocycles. The van der Waals surface area contributed by atoms with Gasteiger partial charge in [-0.2, -0.15) is 0 Å². The molecule has 39 heavy (non-hydrogen) atoms. The van der Waals surface area contributed by atoms with E-state index in [4.69, 9.17) is 0 Å². The number of rotatable bonds is 5. The van der Waals surface area contributed by atoms with Crippen LogP contribution in [-0.4, -0.2) is 40.4 Å². The van der Waals surface area contributed by atoms with Crippen LogP contribution >= 0.6 is 11.8 Å². The topological polar surface area (TPSA) is 91.4 Å². The Balaban J connectivity index is 1.20. The van der Waals surface area contributed by atoms with Crippen molar-refractivity contribution in [2.24, 2.45) is 5.41 Å². The summed E-state index contributed by atoms with van der Waals surface area (Å²) in [7, 11) is 0. The standard InChI is InChI=1S/C31H32N4O3S/c1-30(2)13-12-25(19-7-10-23(39-3)11-8-19)35(29(30)38)18-26(36)33-22-9-6-20-16-31(17-21(20)15-22)24-5-4-14-32-27(24)34-28(31)37/h4-11,14-15,25H,12-13,16-18H2,1-3H3,(H,33,36)(H,32,34,37)/t25-,31?/m0/s1. The zero-order valence-electron chi connectivity index (χ0n) is 22.4. The molecule has 1 saturated heterocycles. The van der Waals surface area contributed by atoms with Crippen LogP contribution in [0.3, 0.4) is 0 Å². The molecule has 0 bridgehead atoms. The Morgan fingerprint density at radius 2 is 1.87 bits per heavy atom. The highest BCUT2D eigenvalue weighted by Gasteiger charge is 2.51. The molecule has 2 N–H and O–H groups in total. The van der Waals surface area contributed by atoms with Gasteiger partial charge in [-0.3, -0.25) is 14.4 Å². The number of pyridine rings is 1. The van der Waals surface area contributed by atoms with Crippen molar-refractivity contribution in [3.05, 3.63) is 83.0 Å². The van der Waals surface area contributed by atoms with Gasteiger partial charge in [0.1, 0.15) is 12.4 Å². The lowest BCUT2D eigenvalue weighted by atomic mass is 9.78. The number of amides is 3. The molecule has 3 heterocycles. The highest BCUT2D eigenvalue weighted by Crippen LogP contribution is 2.47. The Kier molecular flexibility index (Phi) is 6.25. The summed E-state index contributed by atoms with van der Waals surface area (Å²) in [6.45, 7) is 3.90. The first-order chi connectivity index (χ1) is 18.7. The van der Waals surface area contributed by atoms with Crippen LogP contribution in [0.15, 0.2) is 65.7 Å². The molecule has 1 fully saturated rings. The minimum Gasteiger partial charge on any atom is -0.326 e. The lowest BCUT2D eigenvalue weighted by Crippen LogP contribution is -2.50. The van der Waals surface area contributed by atoms with Gasteiger partial charge in [0, 0.05) is 27.8 Å². The third-order valence-corrected chi connectivity index (χ3v) is 9.28. The van der Waals surface area contributed by atoms with Gasteiger partial charge in [0.15, 0.2) is 0 Å². The summed E-state index contributed by atoms with van der Waals surface area (Å²) in [5.41, 5.74) is 3.63. The average Bonchev–Trinajstić information content (AvgIpc) is 3.44. The fourth-order valence-corrected chi connectivity index (χ4v) is 6.75. The fraction of sp³-hybridized carbons (Fsp3) is 0.355. The van der Waals surface area contributed by atoms with Crippen LogP contribution in [0.5, 0.6) is 0 Å². The number of thioether (sulfide) groups is 1. The van der Waals surface area contributed by atoms with Crippen molar-refractivity contribution in [1.29, 1.82) is 0 Å². The van der Waals surface area contributed by atoms with Gasteiger partial charge >= 0.3 is 0 Å². The third-order valence-electron chi connectivity index (χ3n) is 8.54. The number of hydrogen-bond donors (Lipinski definition) is 2. The number of nitrogens with one attached hydrogen (secondary N) is 2. The number of piperidine rings is 1. The van der Waals surface area contributed by atoms with Crippen molar-refractivity contribution in [2.45, 2.75) is 55.9 Å². The van der Waals surface area contributed by atoms with E-state index >= 15 is 0 Å². The van der Waals surface area contributed by atoms with E-state index in [0.29, 0.717) is 24.3 Å². The predicted molar refractivity (Wildman–Crippen MR) is 153 cm³/mol. The van der Waals surface area contributed by atoms with Gasteiger partial charge in [0.2, 0.25) is 17.7 Å². The number of fused-ring (bicyclic) bond motifs is 3. The predicted octanol–water partition coefficient (Wildman–Crippen LogP) is 5.12. The van der Waals surface area contributed by atoms with Gasteiger partial charge in [0.05, 0.1) is 11.5 Å². The quantitative estimate of drug-likeness (QED) is 0.439. The van der Waals surface area contributed by atoms with E-state index in [1.165, 1.54) is 4.90 Å². The van der Waals surface area contributed by atoms with Gasteiger partial charge in [-0.1, -0.05) is 38.1 Å². The van der Waals surface area contributed by atoms with Crippen LogP contribution in [0, 0.1) is 5.41 Å². The summed E-state index contributed by atoms with van der Waals surface area (Å²) in [5.74, 6) is 0.377. The van der Waals surface area contributed by atoms with E-state index in [9.17, 15) is 14.4 Å². The summed E-state index contributed by atoms with van der Waals surface area (Å²) >= 11 is 1.68. The summed E-state index contributed by atoms with van der Waals surface area (Å²) in [6, 6.07) is 17.8. The van der Waals surface area contributed by atoms with Gasteiger partial charge < -0.3 is 15.5 Å². The lowest BCUT2D eigenvalue weighted by molar-refractivity contribution is -0.150. The number of carbonyl (C=O) groups is 3. The minimum atomic E-state index is -0.653. The minimum absolute atomic E-state index is 0.00161. The Morgan fingerprint density at radius 3 is 2.64 bits per heavy atom. The van der Waals surface area contributed by atoms with Crippen LogP contribution in [0.2, 0.25) is 0 Å². The van der Waals surface area contributed by atoms with Crippen molar-refractivity contribution >= 4 is 41.0 Å². The number of nitrogens with zero attached hydrogens (tertiary/aromatic N) is 2. The Labute approximate surface area is 232 Å². The Morgan fingerprint density at radius 1 is 1.10 bits per heavy atom. The first kappa shape index (κ1) is 25.6. The first-order valence-electron chi connectivity index (χ1n) is 13.3. The number of aromatic nitrogens is 1. The van der Waals surface area contributed by atoms with Crippen molar-refractivity contribution in [3.8, 4) is 0 Å². The monoisotopic (exact) mass is 540 g/mol. The largest absolute Gasteiger partial charge is 0.326 e. The van der Waals surface area contributed by atoms with E-state index in [0.717, 1.165) is 35.1 Å². The maximum atomic E-state index is 13.5. The van der Waals surface area contributed by atoms with Crippen LogP contribution in [0.25, 0.3) is 0 Å². The lowest BCUT2D eigenvalue weighted by Gasteiger charge is -2.43. The van der Waals surface area contributed by atoms with Gasteiger partial charge in [-0.25, -0.2) is 4.98 Å². The normalized spacial score (nSPS) is 22.9. The highest BCUT2D eigenvalue weighted by atomic mass is 32.2. The number of likely N-dealkylation sites (tertiary alicyclic amines) is 1. The van der Waals surface area contributed by atoms with E-state index in [1.807, 2.05) is 50.4 Å². The van der Waals surface area contributed by atoms with Crippen LogP contribution in [-0.2, 0) is 32.6 Å². The fourth-order valence-electron chi connectivity index (χ4n) is 6.35.